The maximum atomic E-state index is 11.4. The first kappa shape index (κ1) is 57.8. The molecule has 0 amide bonds. The van der Waals surface area contributed by atoms with Crippen LogP contribution in [0.1, 0.15) is 239 Å². The maximum Gasteiger partial charge on any atom is 0.151 e. The van der Waals surface area contributed by atoms with Gasteiger partial charge in [-0.2, -0.15) is 0 Å². The van der Waals surface area contributed by atoms with Gasteiger partial charge in [-0.05, 0) is 32.1 Å². The molecule has 2 N–H and O–H groups in total. The Bertz CT molecular complexity index is 547. The van der Waals surface area contributed by atoms with Crippen molar-refractivity contribution >= 4 is 0 Å². The first-order valence-electron chi connectivity index (χ1n) is 22.6. The van der Waals surface area contributed by atoms with Crippen molar-refractivity contribution in [1.29, 1.82) is 0 Å². The van der Waals surface area contributed by atoms with Gasteiger partial charge in [-0.15, -0.1) is 0 Å². The Kier molecular flexibility index (Phi) is 52.4. The minimum atomic E-state index is -1.10. The molecule has 0 heterocycles. The van der Waals surface area contributed by atoms with E-state index in [4.69, 9.17) is 10.2 Å². The highest BCUT2D eigenvalue weighted by molar-refractivity contribution is 4.51. The molecule has 0 bridgehead atoms. The van der Waals surface area contributed by atoms with E-state index in [-0.39, 0.29) is 17.1 Å². The molecule has 0 aromatic rings. The van der Waals surface area contributed by atoms with Crippen molar-refractivity contribution in [1.82, 2.24) is 0 Å². The molecule has 0 unspecified atom stereocenters. The lowest BCUT2D eigenvalue weighted by atomic mass is 10.0. The monoisotopic (exact) mass is 751 g/mol. The second kappa shape index (κ2) is 46.2. The first-order chi connectivity index (χ1) is 23.9. The number of quaternary nitrogens is 2. The van der Waals surface area contributed by atoms with E-state index in [2.05, 4.69) is 35.0 Å². The van der Waals surface area contributed by atoms with Crippen molar-refractivity contribution in [2.24, 2.45) is 0 Å². The van der Waals surface area contributed by atoms with Gasteiger partial charge in [-0.1, -0.05) is 207 Å². The molecule has 0 atom stereocenters. The first-order valence-corrected chi connectivity index (χ1v) is 22.6. The summed E-state index contributed by atoms with van der Waals surface area (Å²) in [5.41, 5.74) is 0. The maximum absolute atomic E-state index is 11.4. The molecule has 0 radical (unpaired) electrons. The molecule has 0 aliphatic carbocycles. The molecule has 6 heteroatoms. The van der Waals surface area contributed by atoms with Gasteiger partial charge in [-0.25, -0.2) is 0 Å². The number of unbranched alkanes of at least 4 members (excludes halogenated alkanes) is 30. The van der Waals surface area contributed by atoms with Gasteiger partial charge in [0, 0.05) is 0 Å². The Balaban J connectivity index is -0.000000366. The predicted molar refractivity (Wildman–Crippen MR) is 225 cm³/mol. The van der Waals surface area contributed by atoms with E-state index < -0.39 is 6.29 Å². The molecule has 0 rings (SSSR count). The number of aliphatic hydroxyl groups excluding tert-OH is 1. The molecular formula is C45H99ClN2O3. The Morgan fingerprint density at radius 3 is 0.725 bits per heavy atom. The molecule has 0 spiro atoms. The van der Waals surface area contributed by atoms with Gasteiger partial charge in [0.25, 0.3) is 0 Å². The summed E-state index contributed by atoms with van der Waals surface area (Å²) in [6.45, 7) is 8.59. The average Bonchev–Trinajstić information content (AvgIpc) is 3.04. The van der Waals surface area contributed by atoms with Crippen LogP contribution in [0, 0.1) is 5.21 Å². The van der Waals surface area contributed by atoms with Gasteiger partial charge in [0.15, 0.2) is 6.29 Å². The summed E-state index contributed by atoms with van der Waals surface area (Å²) in [4.78, 5) is 0. The molecule has 0 saturated heterocycles. The van der Waals surface area contributed by atoms with Crippen molar-refractivity contribution < 1.29 is 31.7 Å². The Hall–Kier alpha value is 0.0900. The summed E-state index contributed by atoms with van der Waals surface area (Å²) < 4.78 is 0.997. The van der Waals surface area contributed by atoms with Crippen molar-refractivity contribution in [3.63, 3.8) is 0 Å². The van der Waals surface area contributed by atoms with Gasteiger partial charge in [0.1, 0.15) is 0 Å². The molecule has 0 aliphatic heterocycles. The Morgan fingerprint density at radius 1 is 0.353 bits per heavy atom. The van der Waals surface area contributed by atoms with E-state index in [1.54, 1.807) is 14.1 Å². The third kappa shape index (κ3) is 68.6. The number of nitrogens with zero attached hydrogens (tertiary/aromatic N) is 2. The van der Waals surface area contributed by atoms with Crippen LogP contribution < -0.4 is 12.4 Å². The summed E-state index contributed by atoms with van der Waals surface area (Å²) in [7, 11) is 10.4. The quantitative estimate of drug-likeness (QED) is 0.0290. The summed E-state index contributed by atoms with van der Waals surface area (Å²) in [5.74, 6) is 0. The Morgan fingerprint density at radius 2 is 0.569 bits per heavy atom. The van der Waals surface area contributed by atoms with Crippen molar-refractivity contribution in [2.45, 2.75) is 245 Å². The summed E-state index contributed by atoms with van der Waals surface area (Å²) in [6.07, 6.45) is 45.8. The van der Waals surface area contributed by atoms with Crippen molar-refractivity contribution in [3.05, 3.63) is 5.21 Å². The topological polar surface area (TPSA) is 63.5 Å². The van der Waals surface area contributed by atoms with Crippen LogP contribution in [-0.2, 0) is 0 Å². The summed E-state index contributed by atoms with van der Waals surface area (Å²) in [6, 6.07) is 0. The number of aliphatic hydroxyl groups is 2. The van der Waals surface area contributed by atoms with Crippen LogP contribution in [0.4, 0.5) is 0 Å². The van der Waals surface area contributed by atoms with Crippen LogP contribution in [0.5, 0.6) is 0 Å². The van der Waals surface area contributed by atoms with E-state index in [0.29, 0.717) is 6.42 Å². The van der Waals surface area contributed by atoms with Crippen LogP contribution in [-0.4, -0.2) is 74.0 Å². The molecule has 51 heavy (non-hydrogen) atoms. The fourth-order valence-corrected chi connectivity index (χ4v) is 6.43. The Labute approximate surface area is 329 Å². The number of hydrogen-bond donors (Lipinski definition) is 2. The number of hydroxylamine groups is 3. The van der Waals surface area contributed by atoms with Gasteiger partial charge < -0.3 is 37.0 Å². The van der Waals surface area contributed by atoms with E-state index >= 15 is 0 Å². The molecule has 0 fully saturated rings. The lowest BCUT2D eigenvalue weighted by Crippen LogP contribution is -3.00. The third-order valence-electron chi connectivity index (χ3n) is 9.78. The molecule has 0 aliphatic rings. The zero-order chi connectivity index (χ0) is 38.0. The van der Waals surface area contributed by atoms with Gasteiger partial charge in [0.2, 0.25) is 0 Å². The van der Waals surface area contributed by atoms with Gasteiger partial charge in [-0.3, -0.25) is 0 Å². The van der Waals surface area contributed by atoms with Crippen LogP contribution >= 0.6 is 0 Å². The molecule has 0 saturated carbocycles. The summed E-state index contributed by atoms with van der Waals surface area (Å²) in [5, 5.41) is 27.6. The van der Waals surface area contributed by atoms with E-state index in [1.807, 2.05) is 6.92 Å². The predicted octanol–water partition coefficient (Wildman–Crippen LogP) is 10.9. The van der Waals surface area contributed by atoms with Crippen LogP contribution in [0.15, 0.2) is 0 Å². The lowest BCUT2D eigenvalue weighted by Gasteiger charge is -2.33. The second-order valence-electron chi connectivity index (χ2n) is 17.2. The van der Waals surface area contributed by atoms with E-state index in [9.17, 15) is 5.21 Å². The van der Waals surface area contributed by atoms with Gasteiger partial charge >= 0.3 is 0 Å². The minimum Gasteiger partial charge on any atom is -1.00 e. The zero-order valence-corrected chi connectivity index (χ0v) is 37.4. The molecular weight excluding hydrogens is 652 g/mol. The van der Waals surface area contributed by atoms with Crippen LogP contribution in [0.3, 0.4) is 0 Å². The van der Waals surface area contributed by atoms with Crippen molar-refractivity contribution in [3.8, 4) is 0 Å². The van der Waals surface area contributed by atoms with E-state index in [0.717, 1.165) is 23.9 Å². The van der Waals surface area contributed by atoms with Gasteiger partial charge in [0.05, 0.1) is 48.3 Å². The fraction of sp³-hybridized carbons (Fsp3) is 1.00. The average molecular weight is 752 g/mol. The smallest absolute Gasteiger partial charge is 0.151 e. The highest BCUT2D eigenvalue weighted by atomic mass is 35.5. The van der Waals surface area contributed by atoms with Crippen LogP contribution in [0.25, 0.3) is 0 Å². The van der Waals surface area contributed by atoms with Crippen molar-refractivity contribution in [2.75, 3.05) is 48.3 Å². The second-order valence-corrected chi connectivity index (χ2v) is 17.2. The van der Waals surface area contributed by atoms with Crippen LogP contribution in [0.2, 0.25) is 0 Å². The molecule has 0 aromatic carbocycles. The molecule has 0 aromatic heterocycles. The highest BCUT2D eigenvalue weighted by Gasteiger charge is 2.05. The van der Waals surface area contributed by atoms with E-state index in [1.165, 1.54) is 206 Å². The summed E-state index contributed by atoms with van der Waals surface area (Å²) >= 11 is 0. The fourth-order valence-electron chi connectivity index (χ4n) is 6.43. The third-order valence-corrected chi connectivity index (χ3v) is 9.78. The molecule has 314 valence electrons. The standard InChI is InChI=1S/C21H46N.C20H43NO.C4H10O2.ClH/c1-5-6-7-8-9-10-11-12-13-14-15-16-17-18-19-20-21-22(2,3)4;1-4-5-6-7-8-9-10-11-12-13-14-15-16-17-18-19-20-21(2,3)22;1-2-3-4(5)6;/h5-21H2,1-4H3;4-20H2,1-3H3;4-6H,2-3H2,1H3;1H/q+1;;;/p-1. The SMILES string of the molecule is CCCC(O)O.CCCCCCCCCCCCCCCCCC[N+](C)(C)C.CCCCCCCCCCCCCCCCCC[N+](C)(C)[O-].[Cl-]. The highest BCUT2D eigenvalue weighted by Crippen LogP contribution is 2.15. The normalized spacial score (nSPS) is 11.5. The minimum absolute atomic E-state index is 0. The lowest BCUT2D eigenvalue weighted by molar-refractivity contribution is -0.870. The molecule has 5 nitrogen and oxygen atoms in total. The largest absolute Gasteiger partial charge is 1.00 e. The number of halogens is 1. The number of rotatable bonds is 36. The zero-order valence-electron chi connectivity index (χ0n) is 36.6. The number of hydrogen-bond acceptors (Lipinski definition) is 3.